The molecule has 0 fully saturated rings. The molecule has 0 aliphatic heterocycles. The summed E-state index contributed by atoms with van der Waals surface area (Å²) < 4.78 is 0. The van der Waals surface area contributed by atoms with Gasteiger partial charge in [-0.05, 0) is 17.3 Å². The van der Waals surface area contributed by atoms with Gasteiger partial charge < -0.3 is 0 Å². The SMILES string of the molecule is O=NC(Cl)(c1ccccc1)c1ccc([N+](=O)[O-])cc1. The van der Waals surface area contributed by atoms with Crippen LogP contribution in [0, 0.1) is 15.0 Å². The molecule has 5 nitrogen and oxygen atoms in total. The first kappa shape index (κ1) is 13.2. The molecule has 0 N–H and O–H groups in total. The summed E-state index contributed by atoms with van der Waals surface area (Å²) in [7, 11) is 0. The van der Waals surface area contributed by atoms with Gasteiger partial charge in [0, 0.05) is 23.3 Å². The van der Waals surface area contributed by atoms with Gasteiger partial charge in [0.15, 0.2) is 0 Å². The molecule has 0 spiro atoms. The Morgan fingerprint density at radius 1 is 1.00 bits per heavy atom. The van der Waals surface area contributed by atoms with E-state index in [0.717, 1.165) is 0 Å². The molecule has 1 unspecified atom stereocenters. The van der Waals surface area contributed by atoms with Gasteiger partial charge >= 0.3 is 0 Å². The van der Waals surface area contributed by atoms with E-state index in [2.05, 4.69) is 5.18 Å². The number of hydrogen-bond donors (Lipinski definition) is 0. The van der Waals surface area contributed by atoms with Crippen molar-refractivity contribution in [2.24, 2.45) is 5.18 Å². The van der Waals surface area contributed by atoms with Crippen LogP contribution in [0.3, 0.4) is 0 Å². The predicted molar refractivity (Wildman–Crippen MR) is 72.0 cm³/mol. The first-order chi connectivity index (χ1) is 9.08. The van der Waals surface area contributed by atoms with E-state index in [9.17, 15) is 15.0 Å². The molecule has 2 aromatic rings. The number of rotatable bonds is 4. The maximum Gasteiger partial charge on any atom is 0.269 e. The number of nitro groups is 1. The number of benzene rings is 2. The lowest BCUT2D eigenvalue weighted by atomic mass is 9.98. The van der Waals surface area contributed by atoms with E-state index in [1.807, 2.05) is 0 Å². The second-order valence-corrected chi connectivity index (χ2v) is 4.43. The van der Waals surface area contributed by atoms with Crippen molar-refractivity contribution in [2.75, 3.05) is 0 Å². The van der Waals surface area contributed by atoms with Crippen molar-refractivity contribution in [3.8, 4) is 0 Å². The summed E-state index contributed by atoms with van der Waals surface area (Å²) in [4.78, 5) is 19.6. The van der Waals surface area contributed by atoms with E-state index in [4.69, 9.17) is 11.6 Å². The van der Waals surface area contributed by atoms with Crippen LogP contribution in [0.15, 0.2) is 59.8 Å². The lowest BCUT2D eigenvalue weighted by Gasteiger charge is -2.19. The minimum atomic E-state index is -1.57. The summed E-state index contributed by atoms with van der Waals surface area (Å²) in [5, 5.41) is 13.6. The topological polar surface area (TPSA) is 72.6 Å². The number of alkyl halides is 1. The van der Waals surface area contributed by atoms with Gasteiger partial charge in [0.1, 0.15) is 0 Å². The molecule has 0 saturated heterocycles. The van der Waals surface area contributed by atoms with Crippen molar-refractivity contribution >= 4 is 17.3 Å². The lowest BCUT2D eigenvalue weighted by Crippen LogP contribution is -2.16. The Hall–Kier alpha value is -2.27. The molecule has 0 aliphatic carbocycles. The molecule has 1 atom stereocenters. The van der Waals surface area contributed by atoms with Crippen LogP contribution in [0.2, 0.25) is 0 Å². The van der Waals surface area contributed by atoms with Gasteiger partial charge in [-0.25, -0.2) is 0 Å². The third-order valence-corrected chi connectivity index (χ3v) is 3.25. The highest BCUT2D eigenvalue weighted by molar-refractivity contribution is 6.25. The van der Waals surface area contributed by atoms with Crippen molar-refractivity contribution in [3.05, 3.63) is 80.7 Å². The van der Waals surface area contributed by atoms with Crippen LogP contribution in [-0.4, -0.2) is 4.92 Å². The molecular weight excluding hydrogens is 268 g/mol. The number of nitro benzene ring substituents is 1. The van der Waals surface area contributed by atoms with Gasteiger partial charge in [0.2, 0.25) is 5.00 Å². The van der Waals surface area contributed by atoms with Gasteiger partial charge in [-0.1, -0.05) is 41.9 Å². The Kier molecular flexibility index (Phi) is 3.57. The fourth-order valence-corrected chi connectivity index (χ4v) is 1.99. The Labute approximate surface area is 114 Å². The fraction of sp³-hybridized carbons (Fsp3) is 0.0769. The average molecular weight is 277 g/mol. The zero-order valence-electron chi connectivity index (χ0n) is 9.69. The van der Waals surface area contributed by atoms with E-state index in [0.29, 0.717) is 11.1 Å². The molecule has 0 saturated carbocycles. The average Bonchev–Trinajstić information content (AvgIpc) is 2.47. The number of halogens is 1. The molecule has 2 rings (SSSR count). The Bertz CT molecular complexity index is 601. The third-order valence-electron chi connectivity index (χ3n) is 2.74. The van der Waals surface area contributed by atoms with Crippen molar-refractivity contribution in [2.45, 2.75) is 5.00 Å². The maximum atomic E-state index is 11.1. The summed E-state index contributed by atoms with van der Waals surface area (Å²) in [6, 6.07) is 14.1. The molecular formula is C13H9ClN2O3. The Morgan fingerprint density at radius 2 is 1.53 bits per heavy atom. The maximum absolute atomic E-state index is 11.1. The summed E-state index contributed by atoms with van der Waals surface area (Å²) in [5.41, 5.74) is 0.836. The molecule has 6 heteroatoms. The zero-order chi connectivity index (χ0) is 13.9. The molecule has 0 aliphatic rings. The van der Waals surface area contributed by atoms with Gasteiger partial charge in [0.05, 0.1) is 4.92 Å². The van der Waals surface area contributed by atoms with Crippen molar-refractivity contribution < 1.29 is 4.92 Å². The number of nitroso groups, excluding NO2 is 1. The first-order valence-corrected chi connectivity index (χ1v) is 5.79. The second-order valence-electron chi connectivity index (χ2n) is 3.88. The smallest absolute Gasteiger partial charge is 0.258 e. The number of hydrogen-bond acceptors (Lipinski definition) is 4. The largest absolute Gasteiger partial charge is 0.269 e. The van der Waals surface area contributed by atoms with Crippen LogP contribution in [0.1, 0.15) is 11.1 Å². The third kappa shape index (κ3) is 2.46. The van der Waals surface area contributed by atoms with Crippen molar-refractivity contribution in [3.63, 3.8) is 0 Å². The second kappa shape index (κ2) is 5.16. The normalized spacial score (nSPS) is 13.5. The van der Waals surface area contributed by atoms with Crippen LogP contribution in [0.25, 0.3) is 0 Å². The van der Waals surface area contributed by atoms with Crippen LogP contribution < -0.4 is 0 Å². The Balaban J connectivity index is 2.47. The lowest BCUT2D eigenvalue weighted by molar-refractivity contribution is -0.384. The van der Waals surface area contributed by atoms with E-state index < -0.39 is 9.92 Å². The molecule has 96 valence electrons. The fourth-order valence-electron chi connectivity index (χ4n) is 1.74. The van der Waals surface area contributed by atoms with E-state index in [1.54, 1.807) is 30.3 Å². The van der Waals surface area contributed by atoms with E-state index >= 15 is 0 Å². The van der Waals surface area contributed by atoms with Crippen molar-refractivity contribution in [1.82, 2.24) is 0 Å². The monoisotopic (exact) mass is 276 g/mol. The highest BCUT2D eigenvalue weighted by Gasteiger charge is 2.33. The van der Waals surface area contributed by atoms with Gasteiger partial charge in [-0.2, -0.15) is 0 Å². The molecule has 0 amide bonds. The van der Waals surface area contributed by atoms with E-state index in [-0.39, 0.29) is 5.69 Å². The van der Waals surface area contributed by atoms with E-state index in [1.165, 1.54) is 24.3 Å². The summed E-state index contributed by atoms with van der Waals surface area (Å²) in [6.45, 7) is 0. The summed E-state index contributed by atoms with van der Waals surface area (Å²) in [5.74, 6) is 0. The highest BCUT2D eigenvalue weighted by atomic mass is 35.5. The molecule has 19 heavy (non-hydrogen) atoms. The standard InChI is InChI=1S/C13H9ClN2O3/c14-13(15-17,10-4-2-1-3-5-10)11-6-8-12(9-7-11)16(18)19/h1-9H. The van der Waals surface area contributed by atoms with Gasteiger partial charge in [-0.3, -0.25) is 10.1 Å². The minimum Gasteiger partial charge on any atom is -0.258 e. The molecule has 0 heterocycles. The van der Waals surface area contributed by atoms with Gasteiger partial charge in [-0.15, -0.1) is 4.91 Å². The quantitative estimate of drug-likeness (QED) is 0.280. The van der Waals surface area contributed by atoms with Crippen molar-refractivity contribution in [1.29, 1.82) is 0 Å². The molecule has 2 aromatic carbocycles. The Morgan fingerprint density at radius 3 is 2.00 bits per heavy atom. The molecule has 0 aromatic heterocycles. The van der Waals surface area contributed by atoms with Crippen LogP contribution >= 0.6 is 11.6 Å². The summed E-state index contributed by atoms with van der Waals surface area (Å²) >= 11 is 6.26. The highest BCUT2D eigenvalue weighted by Crippen LogP contribution is 2.38. The number of non-ortho nitro benzene ring substituents is 1. The van der Waals surface area contributed by atoms with Crippen LogP contribution in [0.4, 0.5) is 5.69 Å². The summed E-state index contributed by atoms with van der Waals surface area (Å²) in [6.07, 6.45) is 0. The van der Waals surface area contributed by atoms with Crippen LogP contribution in [-0.2, 0) is 5.00 Å². The molecule has 0 radical (unpaired) electrons. The predicted octanol–water partition coefficient (Wildman–Crippen LogP) is 3.80. The number of nitrogens with zero attached hydrogens (tertiary/aromatic N) is 2. The zero-order valence-corrected chi connectivity index (χ0v) is 10.4. The first-order valence-electron chi connectivity index (χ1n) is 5.42. The van der Waals surface area contributed by atoms with Gasteiger partial charge in [0.25, 0.3) is 5.69 Å². The molecule has 0 bridgehead atoms. The van der Waals surface area contributed by atoms with Crippen LogP contribution in [0.5, 0.6) is 0 Å². The minimum absolute atomic E-state index is 0.0678.